The normalized spacial score (nSPS) is 9.53. The molecule has 0 aromatic heterocycles. The van der Waals surface area contributed by atoms with Gasteiger partial charge in [0.05, 0.1) is 10.6 Å². The molecule has 0 aliphatic heterocycles. The summed E-state index contributed by atoms with van der Waals surface area (Å²) in [6, 6.07) is 4.57. The number of hydrogen-bond acceptors (Lipinski definition) is 5. The number of hydrazine groups is 1. The first-order chi connectivity index (χ1) is 7.69. The van der Waals surface area contributed by atoms with E-state index >= 15 is 0 Å². The third kappa shape index (κ3) is 4.99. The summed E-state index contributed by atoms with van der Waals surface area (Å²) < 4.78 is 0. The summed E-state index contributed by atoms with van der Waals surface area (Å²) in [6.45, 7) is 0. The molecule has 3 N–H and O–H groups in total. The predicted molar refractivity (Wildman–Crippen MR) is 74.2 cm³/mol. The number of alkyl halides is 1. The van der Waals surface area contributed by atoms with Gasteiger partial charge in [0.1, 0.15) is 0 Å². The Morgan fingerprint density at radius 3 is 2.76 bits per heavy atom. The monoisotopic (exact) mass is 297 g/mol. The number of hydrogen-bond donors (Lipinski definition) is 2. The number of benzene rings is 1. The van der Waals surface area contributed by atoms with Gasteiger partial charge in [-0.3, -0.25) is 16.0 Å². The quantitative estimate of drug-likeness (QED) is 0.211. The first-order valence-electron chi connectivity index (χ1n) is 4.63. The minimum absolute atomic E-state index is 0. The van der Waals surface area contributed by atoms with Crippen molar-refractivity contribution < 1.29 is 4.92 Å². The Kier molecular flexibility index (Phi) is 8.07. The SMILES string of the molecule is Cl.NNc1cc([N+](=O)[O-])ccc1SCCCCl. The number of nitro benzene ring substituents is 1. The molecule has 1 rings (SSSR count). The summed E-state index contributed by atoms with van der Waals surface area (Å²) in [6.07, 6.45) is 0.882. The number of nitrogens with two attached hydrogens (primary N) is 1. The average molecular weight is 298 g/mol. The molecule has 0 saturated carbocycles. The van der Waals surface area contributed by atoms with Crippen molar-refractivity contribution in [1.82, 2.24) is 0 Å². The fraction of sp³-hybridized carbons (Fsp3) is 0.333. The van der Waals surface area contributed by atoms with Gasteiger partial charge in [0.25, 0.3) is 5.69 Å². The van der Waals surface area contributed by atoms with E-state index in [-0.39, 0.29) is 18.1 Å². The third-order valence-electron chi connectivity index (χ3n) is 1.87. The molecule has 0 unspecified atom stereocenters. The third-order valence-corrected chi connectivity index (χ3v) is 3.29. The Morgan fingerprint density at radius 2 is 2.24 bits per heavy atom. The van der Waals surface area contributed by atoms with Crippen molar-refractivity contribution in [2.24, 2.45) is 5.84 Å². The Hall–Kier alpha value is -0.690. The minimum atomic E-state index is -0.450. The molecule has 0 saturated heterocycles. The van der Waals surface area contributed by atoms with Gasteiger partial charge in [0.2, 0.25) is 0 Å². The van der Waals surface area contributed by atoms with Crippen LogP contribution in [0.3, 0.4) is 0 Å². The minimum Gasteiger partial charge on any atom is -0.323 e. The lowest BCUT2D eigenvalue weighted by Crippen LogP contribution is -2.08. The smallest absolute Gasteiger partial charge is 0.271 e. The number of anilines is 1. The van der Waals surface area contributed by atoms with Crippen molar-refractivity contribution in [2.75, 3.05) is 17.1 Å². The number of nitrogens with one attached hydrogen (secondary N) is 1. The second-order valence-corrected chi connectivity index (χ2v) is 4.49. The first kappa shape index (κ1) is 16.3. The number of nitrogens with zero attached hydrogens (tertiary/aromatic N) is 1. The van der Waals surface area contributed by atoms with Crippen LogP contribution in [0.25, 0.3) is 0 Å². The van der Waals surface area contributed by atoms with Gasteiger partial charge in [-0.2, -0.15) is 0 Å². The zero-order valence-corrected chi connectivity index (χ0v) is 11.3. The van der Waals surface area contributed by atoms with Crippen LogP contribution in [0, 0.1) is 10.1 Å². The van der Waals surface area contributed by atoms with E-state index in [1.165, 1.54) is 12.1 Å². The van der Waals surface area contributed by atoms with Crippen molar-refractivity contribution in [3.8, 4) is 0 Å². The van der Waals surface area contributed by atoms with E-state index in [0.717, 1.165) is 17.1 Å². The van der Waals surface area contributed by atoms with E-state index < -0.39 is 4.92 Å². The summed E-state index contributed by atoms with van der Waals surface area (Å²) in [5.74, 6) is 6.77. The molecule has 8 heteroatoms. The number of thioether (sulfide) groups is 1. The molecule has 0 spiro atoms. The van der Waals surface area contributed by atoms with Gasteiger partial charge in [0, 0.05) is 22.9 Å². The highest BCUT2D eigenvalue weighted by molar-refractivity contribution is 7.99. The number of halogens is 2. The maximum absolute atomic E-state index is 10.6. The van der Waals surface area contributed by atoms with Gasteiger partial charge in [-0.15, -0.1) is 35.8 Å². The van der Waals surface area contributed by atoms with E-state index in [1.54, 1.807) is 17.8 Å². The topological polar surface area (TPSA) is 81.2 Å². The van der Waals surface area contributed by atoms with Crippen LogP contribution in [-0.4, -0.2) is 16.6 Å². The van der Waals surface area contributed by atoms with Crippen LogP contribution >= 0.6 is 35.8 Å². The van der Waals surface area contributed by atoms with Crippen molar-refractivity contribution in [3.05, 3.63) is 28.3 Å². The lowest BCUT2D eigenvalue weighted by atomic mass is 10.3. The van der Waals surface area contributed by atoms with Crippen molar-refractivity contribution >= 4 is 47.1 Å². The molecule has 1 aromatic rings. The van der Waals surface area contributed by atoms with Gasteiger partial charge in [-0.25, -0.2) is 0 Å². The van der Waals surface area contributed by atoms with Gasteiger partial charge in [0.15, 0.2) is 0 Å². The highest BCUT2D eigenvalue weighted by Gasteiger charge is 2.10. The highest BCUT2D eigenvalue weighted by atomic mass is 35.5. The van der Waals surface area contributed by atoms with Crippen LogP contribution < -0.4 is 11.3 Å². The predicted octanol–water partition coefficient (Wildman–Crippen LogP) is 3.02. The molecule has 0 amide bonds. The zero-order chi connectivity index (χ0) is 12.0. The average Bonchev–Trinajstić information content (AvgIpc) is 2.29. The summed E-state index contributed by atoms with van der Waals surface area (Å²) >= 11 is 7.13. The molecular formula is C9H13Cl2N3O2S. The van der Waals surface area contributed by atoms with E-state index in [1.807, 2.05) is 0 Å². The number of rotatable bonds is 6. The molecule has 1 aromatic carbocycles. The number of non-ortho nitro benzene ring substituents is 1. The lowest BCUT2D eigenvalue weighted by Gasteiger charge is -2.07. The molecule has 0 aliphatic carbocycles. The van der Waals surface area contributed by atoms with E-state index in [0.29, 0.717) is 11.6 Å². The lowest BCUT2D eigenvalue weighted by molar-refractivity contribution is -0.384. The zero-order valence-electron chi connectivity index (χ0n) is 8.89. The van der Waals surface area contributed by atoms with Gasteiger partial charge >= 0.3 is 0 Å². The highest BCUT2D eigenvalue weighted by Crippen LogP contribution is 2.30. The second-order valence-electron chi connectivity index (χ2n) is 2.97. The fourth-order valence-electron chi connectivity index (χ4n) is 1.11. The molecule has 0 bridgehead atoms. The van der Waals surface area contributed by atoms with Crippen molar-refractivity contribution in [2.45, 2.75) is 11.3 Å². The molecule has 0 heterocycles. The Balaban J connectivity index is 0.00000256. The maximum atomic E-state index is 10.6. The van der Waals surface area contributed by atoms with E-state index in [9.17, 15) is 10.1 Å². The van der Waals surface area contributed by atoms with Gasteiger partial charge in [-0.05, 0) is 18.2 Å². The van der Waals surface area contributed by atoms with Crippen LogP contribution in [0.4, 0.5) is 11.4 Å². The molecular weight excluding hydrogens is 285 g/mol. The fourth-order valence-corrected chi connectivity index (χ4v) is 2.35. The molecule has 96 valence electrons. The van der Waals surface area contributed by atoms with E-state index in [4.69, 9.17) is 17.4 Å². The largest absolute Gasteiger partial charge is 0.323 e. The van der Waals surface area contributed by atoms with Gasteiger partial charge < -0.3 is 5.43 Å². The van der Waals surface area contributed by atoms with Crippen molar-refractivity contribution in [1.29, 1.82) is 0 Å². The number of nitrogen functional groups attached to an aromatic ring is 1. The van der Waals surface area contributed by atoms with Crippen LogP contribution in [0.1, 0.15) is 6.42 Å². The molecule has 0 aliphatic rings. The standard InChI is InChI=1S/C9H12ClN3O2S.ClH/c10-4-1-5-16-9-3-2-7(13(14)15)6-8(9)12-11;/h2-3,6,12H,1,4-5,11H2;1H. The molecule has 17 heavy (non-hydrogen) atoms. The second kappa shape index (κ2) is 8.41. The van der Waals surface area contributed by atoms with Gasteiger partial charge in [-0.1, -0.05) is 0 Å². The Bertz CT molecular complexity index is 379. The Morgan fingerprint density at radius 1 is 1.53 bits per heavy atom. The molecule has 0 radical (unpaired) electrons. The van der Waals surface area contributed by atoms with Crippen molar-refractivity contribution in [3.63, 3.8) is 0 Å². The van der Waals surface area contributed by atoms with Crippen LogP contribution in [0.2, 0.25) is 0 Å². The first-order valence-corrected chi connectivity index (χ1v) is 6.15. The molecule has 0 fully saturated rings. The maximum Gasteiger partial charge on any atom is 0.271 e. The summed E-state index contributed by atoms with van der Waals surface area (Å²) in [7, 11) is 0. The summed E-state index contributed by atoms with van der Waals surface area (Å²) in [4.78, 5) is 11.0. The number of nitro groups is 1. The summed E-state index contributed by atoms with van der Waals surface area (Å²) in [5.41, 5.74) is 3.05. The van der Waals surface area contributed by atoms with Crippen LogP contribution in [0.15, 0.2) is 23.1 Å². The summed E-state index contributed by atoms with van der Waals surface area (Å²) in [5, 5.41) is 10.6. The van der Waals surface area contributed by atoms with E-state index in [2.05, 4.69) is 5.43 Å². The van der Waals surface area contributed by atoms with Crippen LogP contribution in [-0.2, 0) is 0 Å². The Labute approximate surface area is 115 Å². The molecule has 5 nitrogen and oxygen atoms in total. The van der Waals surface area contributed by atoms with Crippen LogP contribution in [0.5, 0.6) is 0 Å². The molecule has 0 atom stereocenters.